The molecule has 0 unspecified atom stereocenters. The molecular formula is C18H17N3O2. The number of carbonyl (C=O) groups is 1. The van der Waals surface area contributed by atoms with E-state index in [2.05, 4.69) is 45.9 Å². The lowest BCUT2D eigenvalue weighted by atomic mass is 10.0. The Morgan fingerprint density at radius 2 is 1.65 bits per heavy atom. The fourth-order valence-electron chi connectivity index (χ4n) is 2.32. The summed E-state index contributed by atoms with van der Waals surface area (Å²) in [4.78, 5) is 17.9. The highest BCUT2D eigenvalue weighted by atomic mass is 16.5. The third kappa shape index (κ3) is 3.45. The van der Waals surface area contributed by atoms with Crippen LogP contribution in [0.3, 0.4) is 0 Å². The molecule has 5 nitrogen and oxygen atoms in total. The molecule has 1 aromatic heterocycles. The number of aryl methyl sites for hydroxylation is 1. The van der Waals surface area contributed by atoms with Gasteiger partial charge in [-0.1, -0.05) is 47.1 Å². The molecule has 0 fully saturated rings. The van der Waals surface area contributed by atoms with E-state index in [0.717, 1.165) is 11.1 Å². The van der Waals surface area contributed by atoms with E-state index in [9.17, 15) is 4.79 Å². The van der Waals surface area contributed by atoms with Crippen molar-refractivity contribution in [3.8, 4) is 11.1 Å². The Morgan fingerprint density at radius 1 is 1.04 bits per heavy atom. The van der Waals surface area contributed by atoms with Gasteiger partial charge in [0.1, 0.15) is 0 Å². The molecule has 0 atom stereocenters. The van der Waals surface area contributed by atoms with Crippen molar-refractivity contribution in [3.63, 3.8) is 0 Å². The molecule has 0 aliphatic rings. The highest BCUT2D eigenvalue weighted by Gasteiger charge is 2.14. The van der Waals surface area contributed by atoms with E-state index in [4.69, 9.17) is 0 Å². The van der Waals surface area contributed by atoms with Crippen molar-refractivity contribution >= 4 is 5.91 Å². The lowest BCUT2D eigenvalue weighted by Crippen LogP contribution is -2.26. The molecule has 0 aliphatic carbocycles. The standard InChI is InChI=1S/C18H17N3O2/c1-13-3-5-14(6-4-13)15-7-9-16(10-8-15)18(22)21(2)11-17-19-12-23-20-17/h3-10,12H,11H2,1-2H3. The van der Waals surface area contributed by atoms with Gasteiger partial charge in [0.2, 0.25) is 6.39 Å². The molecule has 5 heteroatoms. The molecule has 0 N–H and O–H groups in total. The number of hydrogen-bond acceptors (Lipinski definition) is 4. The summed E-state index contributed by atoms with van der Waals surface area (Å²) >= 11 is 0. The Labute approximate surface area is 134 Å². The second-order valence-electron chi connectivity index (χ2n) is 5.45. The van der Waals surface area contributed by atoms with Crippen LogP contribution < -0.4 is 0 Å². The average Bonchev–Trinajstić information content (AvgIpc) is 3.08. The van der Waals surface area contributed by atoms with Gasteiger partial charge < -0.3 is 9.42 Å². The summed E-state index contributed by atoms with van der Waals surface area (Å²) < 4.78 is 4.67. The van der Waals surface area contributed by atoms with Crippen molar-refractivity contribution in [2.24, 2.45) is 0 Å². The zero-order valence-electron chi connectivity index (χ0n) is 13.1. The minimum Gasteiger partial charge on any atom is -0.343 e. The van der Waals surface area contributed by atoms with Crippen LogP contribution in [0.2, 0.25) is 0 Å². The summed E-state index contributed by atoms with van der Waals surface area (Å²) in [6.07, 6.45) is 1.25. The number of rotatable bonds is 4. The first-order chi connectivity index (χ1) is 11.1. The van der Waals surface area contributed by atoms with Crippen molar-refractivity contribution in [2.75, 3.05) is 7.05 Å². The molecule has 116 valence electrons. The Kier molecular flexibility index (Phi) is 4.19. The molecular weight excluding hydrogens is 290 g/mol. The number of carbonyl (C=O) groups excluding carboxylic acids is 1. The van der Waals surface area contributed by atoms with Crippen molar-refractivity contribution in [1.29, 1.82) is 0 Å². The third-order valence-corrected chi connectivity index (χ3v) is 3.65. The normalized spacial score (nSPS) is 10.5. The van der Waals surface area contributed by atoms with Crippen LogP contribution in [0.1, 0.15) is 21.7 Å². The molecule has 0 spiro atoms. The molecule has 3 aromatic rings. The highest BCUT2D eigenvalue weighted by Crippen LogP contribution is 2.20. The third-order valence-electron chi connectivity index (χ3n) is 3.65. The van der Waals surface area contributed by atoms with Crippen LogP contribution in [-0.2, 0) is 6.54 Å². The van der Waals surface area contributed by atoms with E-state index in [0.29, 0.717) is 17.9 Å². The highest BCUT2D eigenvalue weighted by molar-refractivity contribution is 5.94. The van der Waals surface area contributed by atoms with Crippen LogP contribution in [0, 0.1) is 6.92 Å². The van der Waals surface area contributed by atoms with Crippen LogP contribution in [0.25, 0.3) is 11.1 Å². The second kappa shape index (κ2) is 6.44. The van der Waals surface area contributed by atoms with E-state index < -0.39 is 0 Å². The molecule has 2 aromatic carbocycles. The predicted molar refractivity (Wildman–Crippen MR) is 86.7 cm³/mol. The minimum absolute atomic E-state index is 0.0785. The largest absolute Gasteiger partial charge is 0.343 e. The van der Waals surface area contributed by atoms with Crippen molar-refractivity contribution in [3.05, 3.63) is 71.9 Å². The molecule has 0 aliphatic heterocycles. The maximum atomic E-state index is 12.4. The quantitative estimate of drug-likeness (QED) is 0.742. The molecule has 3 rings (SSSR count). The van der Waals surface area contributed by atoms with Crippen molar-refractivity contribution < 1.29 is 9.32 Å². The molecule has 23 heavy (non-hydrogen) atoms. The Balaban J connectivity index is 1.73. The van der Waals surface area contributed by atoms with Crippen molar-refractivity contribution in [1.82, 2.24) is 15.0 Å². The van der Waals surface area contributed by atoms with Crippen LogP contribution in [0.15, 0.2) is 59.4 Å². The van der Waals surface area contributed by atoms with Crippen LogP contribution in [0.5, 0.6) is 0 Å². The van der Waals surface area contributed by atoms with E-state index in [1.165, 1.54) is 12.0 Å². The fraction of sp³-hybridized carbons (Fsp3) is 0.167. The lowest BCUT2D eigenvalue weighted by molar-refractivity contribution is 0.0780. The van der Waals surface area contributed by atoms with Gasteiger partial charge in [-0.3, -0.25) is 4.79 Å². The van der Waals surface area contributed by atoms with Gasteiger partial charge in [0, 0.05) is 12.6 Å². The molecule has 0 saturated heterocycles. The van der Waals surface area contributed by atoms with E-state index in [-0.39, 0.29) is 5.91 Å². The molecule has 0 radical (unpaired) electrons. The number of benzene rings is 2. The molecule has 0 bridgehead atoms. The Bertz CT molecular complexity index is 778. The first kappa shape index (κ1) is 15.0. The minimum atomic E-state index is -0.0785. The lowest BCUT2D eigenvalue weighted by Gasteiger charge is -2.15. The van der Waals surface area contributed by atoms with Gasteiger partial charge in [-0.25, -0.2) is 0 Å². The molecule has 1 amide bonds. The van der Waals surface area contributed by atoms with Crippen LogP contribution >= 0.6 is 0 Å². The predicted octanol–water partition coefficient (Wildman–Crippen LogP) is 3.32. The van der Waals surface area contributed by atoms with Gasteiger partial charge in [0.25, 0.3) is 5.91 Å². The second-order valence-corrected chi connectivity index (χ2v) is 5.45. The zero-order valence-corrected chi connectivity index (χ0v) is 13.1. The smallest absolute Gasteiger partial charge is 0.254 e. The summed E-state index contributed by atoms with van der Waals surface area (Å²) in [7, 11) is 1.71. The Hall–Kier alpha value is -2.95. The van der Waals surface area contributed by atoms with E-state index >= 15 is 0 Å². The SMILES string of the molecule is Cc1ccc(-c2ccc(C(=O)N(C)Cc3ncon3)cc2)cc1. The average molecular weight is 307 g/mol. The van der Waals surface area contributed by atoms with Gasteiger partial charge in [0.15, 0.2) is 5.82 Å². The van der Waals surface area contributed by atoms with Crippen LogP contribution in [-0.4, -0.2) is 28.0 Å². The first-order valence-electron chi connectivity index (χ1n) is 7.31. The van der Waals surface area contributed by atoms with Crippen molar-refractivity contribution in [2.45, 2.75) is 13.5 Å². The maximum absolute atomic E-state index is 12.4. The molecule has 0 saturated carbocycles. The zero-order chi connectivity index (χ0) is 16.2. The number of hydrogen-bond donors (Lipinski definition) is 0. The summed E-state index contributed by atoms with van der Waals surface area (Å²) in [5.74, 6) is 0.405. The van der Waals surface area contributed by atoms with Gasteiger partial charge in [-0.2, -0.15) is 4.98 Å². The van der Waals surface area contributed by atoms with E-state index in [1.807, 2.05) is 24.3 Å². The molecule has 1 heterocycles. The summed E-state index contributed by atoms with van der Waals surface area (Å²) in [5.41, 5.74) is 4.08. The topological polar surface area (TPSA) is 59.2 Å². The summed E-state index contributed by atoms with van der Waals surface area (Å²) in [6, 6.07) is 15.9. The summed E-state index contributed by atoms with van der Waals surface area (Å²) in [5, 5.41) is 3.71. The van der Waals surface area contributed by atoms with E-state index in [1.54, 1.807) is 11.9 Å². The summed E-state index contributed by atoms with van der Waals surface area (Å²) in [6.45, 7) is 2.38. The first-order valence-corrected chi connectivity index (χ1v) is 7.31. The van der Waals surface area contributed by atoms with Gasteiger partial charge in [-0.15, -0.1) is 0 Å². The Morgan fingerprint density at radius 3 is 2.22 bits per heavy atom. The number of nitrogens with zero attached hydrogens (tertiary/aromatic N) is 3. The van der Waals surface area contributed by atoms with Gasteiger partial charge in [-0.05, 0) is 30.2 Å². The fourth-order valence-corrected chi connectivity index (χ4v) is 2.32. The van der Waals surface area contributed by atoms with Gasteiger partial charge >= 0.3 is 0 Å². The number of amides is 1. The maximum Gasteiger partial charge on any atom is 0.254 e. The van der Waals surface area contributed by atoms with Crippen LogP contribution in [0.4, 0.5) is 0 Å². The number of aromatic nitrogens is 2. The monoisotopic (exact) mass is 307 g/mol. The van der Waals surface area contributed by atoms with Gasteiger partial charge in [0.05, 0.1) is 6.54 Å².